The number of fused-ring (bicyclic) bond motifs is 9. The third kappa shape index (κ3) is 6.84. The van der Waals surface area contributed by atoms with Crippen LogP contribution in [0.1, 0.15) is 121 Å². The lowest BCUT2D eigenvalue weighted by molar-refractivity contribution is -0.138. The van der Waals surface area contributed by atoms with Crippen molar-refractivity contribution in [3.05, 3.63) is 81.4 Å². The van der Waals surface area contributed by atoms with Crippen molar-refractivity contribution in [3.8, 4) is 11.5 Å². The molecular formula is C43H52NO5+. The Bertz CT molecular complexity index is 2050. The zero-order chi connectivity index (χ0) is 34.9. The summed E-state index contributed by atoms with van der Waals surface area (Å²) in [6.07, 6.45) is 11.4. The van der Waals surface area contributed by atoms with Crippen molar-refractivity contribution in [3.63, 3.8) is 0 Å². The van der Waals surface area contributed by atoms with Crippen LogP contribution in [0.4, 0.5) is 0 Å². The van der Waals surface area contributed by atoms with Gasteiger partial charge in [0.1, 0.15) is 18.0 Å². The van der Waals surface area contributed by atoms with Crippen LogP contribution in [0.2, 0.25) is 0 Å². The minimum Gasteiger partial charge on any atom is -0.481 e. The first-order valence-electron chi connectivity index (χ1n) is 18.3. The van der Waals surface area contributed by atoms with Gasteiger partial charge in [0.05, 0.1) is 16.4 Å². The molecule has 0 spiro atoms. The third-order valence-electron chi connectivity index (χ3n) is 10.9. The second-order valence-corrected chi connectivity index (χ2v) is 15.6. The highest BCUT2D eigenvalue weighted by atomic mass is 16.5. The molecule has 2 aliphatic heterocycles. The minimum atomic E-state index is -0.725. The van der Waals surface area contributed by atoms with Crippen LogP contribution in [-0.4, -0.2) is 35.2 Å². The Morgan fingerprint density at radius 3 is 2.02 bits per heavy atom. The SMILES string of the molecule is Cc1c(C(C)(C)CCCCCCCC(=O)O)c2c(c3ccccc13)C=c1c(c3c(c4ccccc14)=[N+](CCCCCC(=O)O)CC3(C)C)O2. The monoisotopic (exact) mass is 662 g/mol. The molecular weight excluding hydrogens is 610 g/mol. The standard InChI is InChI=1S/C43H51NO5/c1-28-29-18-12-13-19-30(29)33-26-34-31-20-14-15-21-32(31)39-38(43(4,5)27-44(39)25-17-9-11-23-36(47)48)41(34)49-40(33)37(28)42(2,3)24-16-8-6-7-10-22-35(45)46/h12-15,18-21,26H,6-11,16-17,22-25,27H2,1-5H3,(H-,45,46,47,48)/p+1. The van der Waals surface area contributed by atoms with Crippen molar-refractivity contribution in [2.45, 2.75) is 116 Å². The Morgan fingerprint density at radius 1 is 0.776 bits per heavy atom. The van der Waals surface area contributed by atoms with E-state index in [1.54, 1.807) is 0 Å². The van der Waals surface area contributed by atoms with E-state index in [1.165, 1.54) is 43.6 Å². The first-order valence-corrected chi connectivity index (χ1v) is 18.3. The summed E-state index contributed by atoms with van der Waals surface area (Å²) in [7, 11) is 0. The predicted octanol–water partition coefficient (Wildman–Crippen LogP) is 8.76. The Labute approximate surface area is 290 Å². The molecule has 2 heterocycles. The zero-order valence-corrected chi connectivity index (χ0v) is 30.0. The van der Waals surface area contributed by atoms with Crippen LogP contribution < -0.4 is 19.9 Å². The average Bonchev–Trinajstić information content (AvgIpc) is 3.33. The number of rotatable bonds is 15. The van der Waals surface area contributed by atoms with Gasteiger partial charge < -0.3 is 14.9 Å². The van der Waals surface area contributed by atoms with Gasteiger partial charge in [-0.05, 0) is 85.7 Å². The van der Waals surface area contributed by atoms with Gasteiger partial charge in [-0.2, -0.15) is 0 Å². The first kappa shape index (κ1) is 34.7. The maximum absolute atomic E-state index is 11.1. The van der Waals surface area contributed by atoms with Crippen LogP contribution in [0.5, 0.6) is 11.5 Å². The van der Waals surface area contributed by atoms with Crippen LogP contribution in [0, 0.1) is 6.92 Å². The molecule has 2 N–H and O–H groups in total. The molecule has 0 saturated heterocycles. The fourth-order valence-electron chi connectivity index (χ4n) is 8.63. The quantitative estimate of drug-likeness (QED) is 0.0865. The van der Waals surface area contributed by atoms with Crippen molar-refractivity contribution in [1.82, 2.24) is 4.58 Å². The van der Waals surface area contributed by atoms with Crippen LogP contribution in [0.25, 0.3) is 27.6 Å². The summed E-state index contributed by atoms with van der Waals surface area (Å²) < 4.78 is 9.91. The van der Waals surface area contributed by atoms with Gasteiger partial charge >= 0.3 is 11.9 Å². The highest BCUT2D eigenvalue weighted by Gasteiger charge is 2.43. The fraction of sp³-hybridized carbons (Fsp3) is 0.465. The van der Waals surface area contributed by atoms with Crippen LogP contribution in [0.3, 0.4) is 0 Å². The maximum atomic E-state index is 11.1. The smallest absolute Gasteiger partial charge is 0.303 e. The Balaban J connectivity index is 1.46. The van der Waals surface area contributed by atoms with E-state index >= 15 is 0 Å². The van der Waals surface area contributed by atoms with Gasteiger partial charge in [0.15, 0.2) is 6.54 Å². The van der Waals surface area contributed by atoms with E-state index < -0.39 is 11.9 Å². The van der Waals surface area contributed by atoms with E-state index in [0.717, 1.165) is 86.7 Å². The molecule has 6 nitrogen and oxygen atoms in total. The van der Waals surface area contributed by atoms with Crippen LogP contribution >= 0.6 is 0 Å². The highest BCUT2D eigenvalue weighted by Crippen LogP contribution is 2.48. The molecule has 49 heavy (non-hydrogen) atoms. The minimum absolute atomic E-state index is 0.137. The number of aliphatic carboxylic acids is 2. The summed E-state index contributed by atoms with van der Waals surface area (Å²) in [6, 6.07) is 17.5. The fourth-order valence-corrected chi connectivity index (χ4v) is 8.63. The largest absolute Gasteiger partial charge is 0.481 e. The summed E-state index contributed by atoms with van der Waals surface area (Å²) in [5.74, 6) is 0.525. The lowest BCUT2D eigenvalue weighted by Crippen LogP contribution is -2.30. The molecule has 6 rings (SSSR count). The summed E-state index contributed by atoms with van der Waals surface area (Å²) in [6.45, 7) is 13.4. The van der Waals surface area contributed by atoms with E-state index in [2.05, 4.69) is 93.8 Å². The summed E-state index contributed by atoms with van der Waals surface area (Å²) >= 11 is 0. The van der Waals surface area contributed by atoms with Gasteiger partial charge in [-0.1, -0.05) is 82.0 Å². The van der Waals surface area contributed by atoms with Crippen molar-refractivity contribution < 1.29 is 24.5 Å². The number of benzene rings is 4. The second-order valence-electron chi connectivity index (χ2n) is 15.6. The van der Waals surface area contributed by atoms with E-state index in [0.29, 0.717) is 6.42 Å². The van der Waals surface area contributed by atoms with Gasteiger partial charge in [-0.3, -0.25) is 9.59 Å². The number of carboxylic acids is 2. The van der Waals surface area contributed by atoms with Crippen LogP contribution in [-0.2, 0) is 20.4 Å². The average molecular weight is 663 g/mol. The first-order chi connectivity index (χ1) is 23.4. The number of unbranched alkanes of at least 4 members (excludes halogenated alkanes) is 6. The van der Waals surface area contributed by atoms with E-state index in [1.807, 2.05) is 0 Å². The van der Waals surface area contributed by atoms with Gasteiger partial charge in [0, 0.05) is 35.6 Å². The number of hydrogen-bond donors (Lipinski definition) is 2. The molecule has 0 fully saturated rings. The molecule has 0 aromatic heterocycles. The van der Waals surface area contributed by atoms with E-state index in [4.69, 9.17) is 14.9 Å². The number of carboxylic acid groups (broad SMARTS) is 2. The Hall–Kier alpha value is -4.19. The van der Waals surface area contributed by atoms with E-state index in [-0.39, 0.29) is 23.7 Å². The molecule has 0 saturated carbocycles. The van der Waals surface area contributed by atoms with Crippen LogP contribution in [0.15, 0.2) is 48.5 Å². The van der Waals surface area contributed by atoms with Gasteiger partial charge in [0.25, 0.3) is 0 Å². The van der Waals surface area contributed by atoms with Gasteiger partial charge in [-0.25, -0.2) is 4.58 Å². The summed E-state index contributed by atoms with van der Waals surface area (Å²) in [5, 5.41) is 25.4. The molecule has 0 atom stereocenters. The molecule has 0 unspecified atom stereocenters. The van der Waals surface area contributed by atoms with Crippen molar-refractivity contribution in [1.29, 1.82) is 0 Å². The molecule has 0 radical (unpaired) electrons. The summed E-state index contributed by atoms with van der Waals surface area (Å²) in [5.41, 5.74) is 4.70. The number of nitrogens with zero attached hydrogens (tertiary/aromatic N) is 1. The lowest BCUT2D eigenvalue weighted by atomic mass is 9.74. The molecule has 258 valence electrons. The number of hydrogen-bond acceptors (Lipinski definition) is 3. The molecule has 4 aromatic carbocycles. The summed E-state index contributed by atoms with van der Waals surface area (Å²) in [4.78, 5) is 22.0. The van der Waals surface area contributed by atoms with E-state index in [9.17, 15) is 9.59 Å². The molecule has 0 aliphatic carbocycles. The lowest BCUT2D eigenvalue weighted by Gasteiger charge is -2.33. The second kappa shape index (κ2) is 14.0. The third-order valence-corrected chi connectivity index (χ3v) is 10.9. The van der Waals surface area contributed by atoms with Crippen molar-refractivity contribution >= 4 is 39.6 Å². The highest BCUT2D eigenvalue weighted by molar-refractivity contribution is 6.00. The molecule has 0 bridgehead atoms. The maximum Gasteiger partial charge on any atom is 0.303 e. The normalized spacial score (nSPS) is 14.7. The molecule has 6 heteroatoms. The zero-order valence-electron chi connectivity index (χ0n) is 30.0. The van der Waals surface area contributed by atoms with Crippen molar-refractivity contribution in [2.24, 2.45) is 0 Å². The number of carbonyl (C=O) groups is 2. The molecule has 2 aliphatic rings. The topological polar surface area (TPSA) is 86.8 Å². The Morgan fingerprint density at radius 2 is 1.35 bits per heavy atom. The predicted molar refractivity (Wildman–Crippen MR) is 199 cm³/mol. The Kier molecular flexibility index (Phi) is 9.88. The number of aryl methyl sites for hydroxylation is 1. The van der Waals surface area contributed by atoms with Crippen molar-refractivity contribution in [2.75, 3.05) is 13.1 Å². The molecule has 0 amide bonds. The van der Waals surface area contributed by atoms with Gasteiger partial charge in [-0.15, -0.1) is 0 Å². The van der Waals surface area contributed by atoms with Gasteiger partial charge in [0.2, 0.25) is 5.36 Å². The number of ether oxygens (including phenoxy) is 1. The molecule has 4 aromatic rings.